The molecular formula is C9H17F2NO. The summed E-state index contributed by atoms with van der Waals surface area (Å²) in [7, 11) is 0. The molecule has 0 saturated heterocycles. The van der Waals surface area contributed by atoms with Crippen LogP contribution in [0.5, 0.6) is 0 Å². The van der Waals surface area contributed by atoms with Gasteiger partial charge < -0.3 is 10.8 Å². The van der Waals surface area contributed by atoms with Gasteiger partial charge in [-0.1, -0.05) is 13.3 Å². The molecule has 3 N–H and O–H groups in total. The molecule has 1 rings (SSSR count). The highest BCUT2D eigenvalue weighted by Crippen LogP contribution is 2.39. The Bertz CT molecular complexity index is 186. The fraction of sp³-hybridized carbons (Fsp3) is 1.00. The summed E-state index contributed by atoms with van der Waals surface area (Å²) in [5.41, 5.74) is 4.49. The zero-order valence-electron chi connectivity index (χ0n) is 7.89. The average molecular weight is 193 g/mol. The third-order valence-electron chi connectivity index (χ3n) is 2.82. The Kier molecular flexibility index (Phi) is 2.92. The number of halogens is 2. The molecule has 0 amide bonds. The van der Waals surface area contributed by atoms with Gasteiger partial charge in [0.1, 0.15) is 0 Å². The summed E-state index contributed by atoms with van der Waals surface area (Å²) in [5.74, 6) is -2.68. The third kappa shape index (κ3) is 2.38. The smallest absolute Gasteiger partial charge is 0.249 e. The summed E-state index contributed by atoms with van der Waals surface area (Å²) in [6, 6.07) is -0.781. The molecule has 1 saturated carbocycles. The maximum atomic E-state index is 12.8. The first-order chi connectivity index (χ1) is 5.90. The Balaban J connectivity index is 2.62. The van der Waals surface area contributed by atoms with Crippen molar-refractivity contribution in [2.24, 2.45) is 5.73 Å². The van der Waals surface area contributed by atoms with Gasteiger partial charge in [-0.3, -0.25) is 0 Å². The van der Waals surface area contributed by atoms with Crippen LogP contribution in [-0.2, 0) is 0 Å². The molecule has 78 valence electrons. The largest absolute Gasteiger partial charge is 0.388 e. The van der Waals surface area contributed by atoms with Crippen LogP contribution in [0, 0.1) is 0 Å². The van der Waals surface area contributed by atoms with Gasteiger partial charge in [0.15, 0.2) is 0 Å². The molecule has 0 aromatic rings. The van der Waals surface area contributed by atoms with Crippen LogP contribution in [0.1, 0.15) is 39.0 Å². The summed E-state index contributed by atoms with van der Waals surface area (Å²) >= 11 is 0. The summed E-state index contributed by atoms with van der Waals surface area (Å²) in [4.78, 5) is 0. The molecule has 0 heterocycles. The summed E-state index contributed by atoms with van der Waals surface area (Å²) in [6.45, 7) is 1.91. The number of aliphatic hydroxyl groups is 1. The van der Waals surface area contributed by atoms with Crippen LogP contribution in [0.25, 0.3) is 0 Å². The highest BCUT2D eigenvalue weighted by Gasteiger charge is 2.47. The quantitative estimate of drug-likeness (QED) is 0.700. The van der Waals surface area contributed by atoms with E-state index in [4.69, 9.17) is 5.73 Å². The van der Waals surface area contributed by atoms with Crippen LogP contribution < -0.4 is 5.73 Å². The first-order valence-electron chi connectivity index (χ1n) is 4.75. The van der Waals surface area contributed by atoms with Gasteiger partial charge in [-0.2, -0.15) is 0 Å². The predicted octanol–water partition coefficient (Wildman–Crippen LogP) is 1.66. The van der Waals surface area contributed by atoms with Crippen molar-refractivity contribution in [2.75, 3.05) is 0 Å². The van der Waals surface area contributed by atoms with Crippen molar-refractivity contribution < 1.29 is 13.9 Å². The molecule has 1 aliphatic rings. The van der Waals surface area contributed by atoms with Crippen LogP contribution in [0.2, 0.25) is 0 Å². The second kappa shape index (κ2) is 3.50. The van der Waals surface area contributed by atoms with Gasteiger partial charge in [-0.05, 0) is 12.8 Å². The van der Waals surface area contributed by atoms with Crippen molar-refractivity contribution in [3.05, 3.63) is 0 Å². The first kappa shape index (κ1) is 10.9. The Hall–Kier alpha value is -0.220. The highest BCUT2D eigenvalue weighted by atomic mass is 19.3. The Labute approximate surface area is 77.1 Å². The van der Waals surface area contributed by atoms with E-state index >= 15 is 0 Å². The SMILES string of the molecule is CCCC1(O)CCC(F)(F)CC1N. The molecule has 0 spiro atoms. The van der Waals surface area contributed by atoms with Crippen molar-refractivity contribution in [3.8, 4) is 0 Å². The van der Waals surface area contributed by atoms with Gasteiger partial charge in [0.05, 0.1) is 5.60 Å². The van der Waals surface area contributed by atoms with E-state index in [-0.39, 0.29) is 19.3 Å². The number of hydrogen-bond donors (Lipinski definition) is 2. The minimum atomic E-state index is -2.68. The monoisotopic (exact) mass is 193 g/mol. The fourth-order valence-corrected chi connectivity index (χ4v) is 1.94. The topological polar surface area (TPSA) is 46.2 Å². The van der Waals surface area contributed by atoms with Crippen molar-refractivity contribution in [1.82, 2.24) is 0 Å². The van der Waals surface area contributed by atoms with E-state index in [0.717, 1.165) is 6.42 Å². The maximum absolute atomic E-state index is 12.8. The summed E-state index contributed by atoms with van der Waals surface area (Å²) < 4.78 is 25.7. The van der Waals surface area contributed by atoms with Crippen molar-refractivity contribution in [3.63, 3.8) is 0 Å². The van der Waals surface area contributed by atoms with Crippen LogP contribution in [0.4, 0.5) is 8.78 Å². The van der Waals surface area contributed by atoms with Crippen LogP contribution >= 0.6 is 0 Å². The molecule has 0 aromatic heterocycles. The molecule has 2 unspecified atom stereocenters. The summed E-state index contributed by atoms with van der Waals surface area (Å²) in [5, 5.41) is 9.91. The van der Waals surface area contributed by atoms with Gasteiger partial charge in [0.2, 0.25) is 5.92 Å². The number of hydrogen-bond acceptors (Lipinski definition) is 2. The van der Waals surface area contributed by atoms with E-state index in [1.165, 1.54) is 0 Å². The highest BCUT2D eigenvalue weighted by molar-refractivity contribution is 4.97. The number of rotatable bonds is 2. The summed E-state index contributed by atoms with van der Waals surface area (Å²) in [6.07, 6.45) is 0.787. The molecular weight excluding hydrogens is 176 g/mol. The zero-order valence-corrected chi connectivity index (χ0v) is 7.89. The van der Waals surface area contributed by atoms with Gasteiger partial charge >= 0.3 is 0 Å². The van der Waals surface area contributed by atoms with E-state index in [1.54, 1.807) is 0 Å². The molecule has 2 atom stereocenters. The maximum Gasteiger partial charge on any atom is 0.249 e. The van der Waals surface area contributed by atoms with E-state index in [9.17, 15) is 13.9 Å². The lowest BCUT2D eigenvalue weighted by Crippen LogP contribution is -2.54. The lowest BCUT2D eigenvalue weighted by molar-refractivity contribution is -0.118. The van der Waals surface area contributed by atoms with Crippen LogP contribution in [0.3, 0.4) is 0 Å². The van der Waals surface area contributed by atoms with E-state index < -0.39 is 17.6 Å². The van der Waals surface area contributed by atoms with Gasteiger partial charge in [0, 0.05) is 18.9 Å². The van der Waals surface area contributed by atoms with E-state index in [2.05, 4.69) is 0 Å². The van der Waals surface area contributed by atoms with Gasteiger partial charge in [-0.25, -0.2) is 8.78 Å². The Morgan fingerprint density at radius 3 is 2.54 bits per heavy atom. The van der Waals surface area contributed by atoms with Crippen LogP contribution in [0.15, 0.2) is 0 Å². The molecule has 0 radical (unpaired) electrons. The number of nitrogens with two attached hydrogens (primary N) is 1. The molecule has 4 heteroatoms. The average Bonchev–Trinajstić information content (AvgIpc) is 1.99. The fourth-order valence-electron chi connectivity index (χ4n) is 1.94. The standard InChI is InChI=1S/C9H17F2NO/c1-2-3-8(13)4-5-9(10,11)6-7(8)12/h7,13H,2-6,12H2,1H3. The van der Waals surface area contributed by atoms with E-state index in [1.807, 2.05) is 6.92 Å². The predicted molar refractivity (Wildman–Crippen MR) is 46.6 cm³/mol. The molecule has 2 nitrogen and oxygen atoms in total. The molecule has 13 heavy (non-hydrogen) atoms. The van der Waals surface area contributed by atoms with Crippen molar-refractivity contribution in [1.29, 1.82) is 0 Å². The second-order valence-corrected chi connectivity index (χ2v) is 4.02. The molecule has 1 aliphatic carbocycles. The first-order valence-corrected chi connectivity index (χ1v) is 4.75. The second-order valence-electron chi connectivity index (χ2n) is 4.02. The Morgan fingerprint density at radius 2 is 2.08 bits per heavy atom. The zero-order chi connectivity index (χ0) is 10.1. The van der Waals surface area contributed by atoms with Gasteiger partial charge in [0.25, 0.3) is 0 Å². The lowest BCUT2D eigenvalue weighted by Gasteiger charge is -2.41. The molecule has 0 bridgehead atoms. The Morgan fingerprint density at radius 1 is 1.46 bits per heavy atom. The van der Waals surface area contributed by atoms with Crippen molar-refractivity contribution in [2.45, 2.75) is 56.6 Å². The minimum absolute atomic E-state index is 0.120. The molecule has 0 aromatic carbocycles. The minimum Gasteiger partial charge on any atom is -0.388 e. The lowest BCUT2D eigenvalue weighted by atomic mass is 9.76. The van der Waals surface area contributed by atoms with Gasteiger partial charge in [-0.15, -0.1) is 0 Å². The molecule has 0 aliphatic heterocycles. The third-order valence-corrected chi connectivity index (χ3v) is 2.82. The van der Waals surface area contributed by atoms with Crippen molar-refractivity contribution >= 4 is 0 Å². The van der Waals surface area contributed by atoms with Crippen LogP contribution in [-0.4, -0.2) is 22.7 Å². The van der Waals surface area contributed by atoms with E-state index in [0.29, 0.717) is 6.42 Å². The normalized spacial score (nSPS) is 39.0. The number of alkyl halides is 2. The molecule has 1 fully saturated rings.